The van der Waals surface area contributed by atoms with Crippen molar-refractivity contribution in [3.63, 3.8) is 0 Å². The molecule has 0 aromatic carbocycles. The predicted molar refractivity (Wildman–Crippen MR) is 105 cm³/mol. The highest BCUT2D eigenvalue weighted by atomic mass is 16.5. The summed E-state index contributed by atoms with van der Waals surface area (Å²) in [7, 11) is 0. The number of nitrogens with two attached hydrogens (primary N) is 1. The van der Waals surface area contributed by atoms with Crippen LogP contribution in [0, 0.1) is 34.5 Å². The Kier molecular flexibility index (Phi) is 4.57. The third kappa shape index (κ3) is 2.57. The average Bonchev–Trinajstić information content (AvgIpc) is 2.95. The van der Waals surface area contributed by atoms with Crippen LogP contribution in [0.4, 0.5) is 0 Å². The number of carbonyl (C=O) groups excluding carboxylic acids is 3. The molecule has 5 heteroatoms. The molecule has 0 radical (unpaired) electrons. The van der Waals surface area contributed by atoms with E-state index in [0.717, 1.165) is 38.5 Å². The molecule has 5 nitrogen and oxygen atoms in total. The fourth-order valence-electron chi connectivity index (χ4n) is 7.99. The van der Waals surface area contributed by atoms with Crippen LogP contribution in [0.2, 0.25) is 0 Å². The normalized spacial score (nSPS) is 50.3. The first-order valence-corrected chi connectivity index (χ1v) is 11.0. The number of rotatable bonds is 2. The minimum atomic E-state index is -0.479. The van der Waals surface area contributed by atoms with Crippen molar-refractivity contribution in [2.24, 2.45) is 40.2 Å². The van der Waals surface area contributed by atoms with Crippen molar-refractivity contribution in [2.75, 3.05) is 0 Å². The SMILES string of the molecule is CC(=O)O[C@H]1CC[C@]2(C)C3CC(=O)[C@@]4(C)C(CC[C@@H]4C(C)=O)C3CC[C@@]2(N)C1. The second kappa shape index (κ2) is 6.38. The van der Waals surface area contributed by atoms with E-state index < -0.39 is 5.41 Å². The van der Waals surface area contributed by atoms with E-state index in [4.69, 9.17) is 10.5 Å². The van der Waals surface area contributed by atoms with Crippen LogP contribution in [0.5, 0.6) is 0 Å². The third-order valence-electron chi connectivity index (χ3n) is 9.58. The van der Waals surface area contributed by atoms with Crippen molar-refractivity contribution in [3.8, 4) is 0 Å². The van der Waals surface area contributed by atoms with Gasteiger partial charge in [-0.1, -0.05) is 13.8 Å². The first kappa shape index (κ1) is 20.1. The molecular formula is C23H35NO4. The number of hydrogen-bond donors (Lipinski definition) is 1. The summed E-state index contributed by atoms with van der Waals surface area (Å²) < 4.78 is 5.51. The summed E-state index contributed by atoms with van der Waals surface area (Å²) in [5.41, 5.74) is 6.02. The van der Waals surface area contributed by atoms with Crippen molar-refractivity contribution in [3.05, 3.63) is 0 Å². The second-order valence-electron chi connectivity index (χ2n) is 10.6. The lowest BCUT2D eigenvalue weighted by molar-refractivity contribution is -0.171. The van der Waals surface area contributed by atoms with Crippen LogP contribution in [0.15, 0.2) is 0 Å². The summed E-state index contributed by atoms with van der Waals surface area (Å²) in [6.45, 7) is 7.46. The van der Waals surface area contributed by atoms with Gasteiger partial charge in [-0.2, -0.15) is 0 Å². The third-order valence-corrected chi connectivity index (χ3v) is 9.58. The van der Waals surface area contributed by atoms with Gasteiger partial charge in [-0.05, 0) is 68.6 Å². The second-order valence-corrected chi connectivity index (χ2v) is 10.6. The summed E-state index contributed by atoms with van der Waals surface area (Å²) in [4.78, 5) is 37.1. The zero-order valence-corrected chi connectivity index (χ0v) is 17.8. The Morgan fingerprint density at radius 1 is 1.04 bits per heavy atom. The first-order valence-electron chi connectivity index (χ1n) is 11.0. The lowest BCUT2D eigenvalue weighted by Crippen LogP contribution is -2.68. The number of esters is 1. The molecule has 4 fully saturated rings. The maximum atomic E-state index is 13.4. The van der Waals surface area contributed by atoms with Crippen molar-refractivity contribution in [1.82, 2.24) is 0 Å². The molecule has 0 heterocycles. The van der Waals surface area contributed by atoms with Crippen LogP contribution in [-0.4, -0.2) is 29.2 Å². The number of hydrogen-bond acceptors (Lipinski definition) is 5. The van der Waals surface area contributed by atoms with E-state index in [2.05, 4.69) is 13.8 Å². The quantitative estimate of drug-likeness (QED) is 0.731. The highest BCUT2D eigenvalue weighted by molar-refractivity contribution is 5.93. The molecule has 2 N–H and O–H groups in total. The van der Waals surface area contributed by atoms with Crippen LogP contribution in [-0.2, 0) is 19.1 Å². The minimum absolute atomic E-state index is 0.106. The van der Waals surface area contributed by atoms with E-state index in [0.29, 0.717) is 24.7 Å². The molecule has 0 spiro atoms. The fourth-order valence-corrected chi connectivity index (χ4v) is 7.99. The van der Waals surface area contributed by atoms with Crippen LogP contribution in [0.25, 0.3) is 0 Å². The lowest BCUT2D eigenvalue weighted by Gasteiger charge is -2.64. The van der Waals surface area contributed by atoms with Crippen LogP contribution >= 0.6 is 0 Å². The van der Waals surface area contributed by atoms with Crippen molar-refractivity contribution in [2.45, 2.75) is 90.7 Å². The summed E-state index contributed by atoms with van der Waals surface area (Å²) in [6.07, 6.45) is 6.62. The van der Waals surface area contributed by atoms with Gasteiger partial charge >= 0.3 is 5.97 Å². The van der Waals surface area contributed by atoms with Gasteiger partial charge in [0.25, 0.3) is 0 Å². The Bertz CT molecular complexity index is 719. The molecular weight excluding hydrogens is 354 g/mol. The standard InChI is InChI=1S/C23H35NO4/c1-13(25)17-5-6-18-16-8-10-23(24)12-15(28-14(2)26)7-9-21(23,3)19(16)11-20(27)22(17,18)4/h15-19H,5-12,24H2,1-4H3/t15-,16?,17+,18?,19?,21+,22+,23+/m0/s1. The van der Waals surface area contributed by atoms with Crippen molar-refractivity contribution < 1.29 is 19.1 Å². The molecule has 156 valence electrons. The van der Waals surface area contributed by atoms with E-state index in [1.54, 1.807) is 6.92 Å². The molecule has 3 unspecified atom stereocenters. The van der Waals surface area contributed by atoms with Gasteiger partial charge in [0.1, 0.15) is 17.7 Å². The van der Waals surface area contributed by atoms with Crippen molar-refractivity contribution in [1.29, 1.82) is 0 Å². The van der Waals surface area contributed by atoms with Crippen LogP contribution in [0.1, 0.15) is 79.1 Å². The largest absolute Gasteiger partial charge is 0.462 e. The average molecular weight is 390 g/mol. The first-order chi connectivity index (χ1) is 13.0. The van der Waals surface area contributed by atoms with E-state index in [1.165, 1.54) is 6.92 Å². The maximum Gasteiger partial charge on any atom is 0.302 e. The molecule has 0 amide bonds. The molecule has 4 aliphatic carbocycles. The summed E-state index contributed by atoms with van der Waals surface area (Å²) in [5, 5.41) is 0. The van der Waals surface area contributed by atoms with Gasteiger partial charge in [0.05, 0.1) is 0 Å². The number of Topliss-reactive ketones (excluding diaryl/α,β-unsaturated/α-hetero) is 2. The Morgan fingerprint density at radius 3 is 2.39 bits per heavy atom. The molecule has 0 bridgehead atoms. The van der Waals surface area contributed by atoms with Gasteiger partial charge in [-0.3, -0.25) is 14.4 Å². The van der Waals surface area contributed by atoms with Crippen LogP contribution in [0.3, 0.4) is 0 Å². The summed E-state index contributed by atoms with van der Waals surface area (Å²) in [6, 6.07) is 0. The van der Waals surface area contributed by atoms with Gasteiger partial charge < -0.3 is 10.5 Å². The van der Waals surface area contributed by atoms with Gasteiger partial charge in [-0.25, -0.2) is 0 Å². The summed E-state index contributed by atoms with van der Waals surface area (Å²) >= 11 is 0. The molecule has 0 aromatic rings. The van der Waals surface area contributed by atoms with E-state index in [-0.39, 0.29) is 46.4 Å². The van der Waals surface area contributed by atoms with Crippen molar-refractivity contribution >= 4 is 17.5 Å². The lowest BCUT2D eigenvalue weighted by atomic mass is 9.42. The zero-order valence-electron chi connectivity index (χ0n) is 17.8. The molecule has 4 aliphatic rings. The zero-order chi connectivity index (χ0) is 20.5. The highest BCUT2D eigenvalue weighted by Gasteiger charge is 2.66. The molecule has 8 atom stereocenters. The molecule has 4 rings (SSSR count). The Morgan fingerprint density at radius 2 is 1.75 bits per heavy atom. The molecule has 0 saturated heterocycles. The Balaban J connectivity index is 1.64. The Hall–Kier alpha value is -1.23. The number of ketones is 2. The molecule has 0 aliphatic heterocycles. The maximum absolute atomic E-state index is 13.4. The number of carbonyl (C=O) groups is 3. The minimum Gasteiger partial charge on any atom is -0.462 e. The van der Waals surface area contributed by atoms with Gasteiger partial charge in [-0.15, -0.1) is 0 Å². The monoisotopic (exact) mass is 389 g/mol. The topological polar surface area (TPSA) is 86.5 Å². The number of ether oxygens (including phenoxy) is 1. The summed E-state index contributed by atoms with van der Waals surface area (Å²) in [5.74, 6) is 1.16. The van der Waals surface area contributed by atoms with Gasteiger partial charge in [0.2, 0.25) is 0 Å². The smallest absolute Gasteiger partial charge is 0.302 e. The van der Waals surface area contributed by atoms with E-state index in [9.17, 15) is 14.4 Å². The molecule has 28 heavy (non-hydrogen) atoms. The fraction of sp³-hybridized carbons (Fsp3) is 0.870. The highest BCUT2D eigenvalue weighted by Crippen LogP contribution is 2.67. The van der Waals surface area contributed by atoms with E-state index >= 15 is 0 Å². The van der Waals surface area contributed by atoms with Crippen LogP contribution < -0.4 is 5.73 Å². The predicted octanol–water partition coefficient (Wildman–Crippen LogP) is 3.43. The Labute approximate surface area is 168 Å². The van der Waals surface area contributed by atoms with Gasteiger partial charge in [0.15, 0.2) is 0 Å². The van der Waals surface area contributed by atoms with Gasteiger partial charge in [0, 0.05) is 36.6 Å². The number of fused-ring (bicyclic) bond motifs is 5. The molecule has 0 aromatic heterocycles. The van der Waals surface area contributed by atoms with E-state index in [1.807, 2.05) is 0 Å². The molecule has 4 saturated carbocycles.